The number of carbonyl (C=O) groups is 1. The van der Waals surface area contributed by atoms with E-state index in [0.717, 1.165) is 28.3 Å². The number of rotatable bonds is 6. The van der Waals surface area contributed by atoms with E-state index >= 15 is 0 Å². The molecule has 0 aliphatic carbocycles. The summed E-state index contributed by atoms with van der Waals surface area (Å²) in [6.45, 7) is 6.76. The van der Waals surface area contributed by atoms with Crippen molar-refractivity contribution in [3.63, 3.8) is 0 Å². The summed E-state index contributed by atoms with van der Waals surface area (Å²) in [6, 6.07) is 13.6. The zero-order valence-corrected chi connectivity index (χ0v) is 13.3. The van der Waals surface area contributed by atoms with Crippen molar-refractivity contribution >= 4 is 17.3 Å². The molecule has 0 atom stereocenters. The molecule has 2 aromatic carbocycles. The van der Waals surface area contributed by atoms with Gasteiger partial charge < -0.3 is 15.4 Å². The molecular weight excluding hydrogens is 276 g/mol. The molecule has 2 N–H and O–H groups in total. The van der Waals surface area contributed by atoms with Crippen LogP contribution in [-0.4, -0.2) is 19.1 Å². The van der Waals surface area contributed by atoms with Crippen molar-refractivity contribution in [1.29, 1.82) is 0 Å². The number of nitrogens with one attached hydrogen (secondary N) is 2. The number of carbonyl (C=O) groups excluding carboxylic acids is 1. The lowest BCUT2D eigenvalue weighted by Crippen LogP contribution is -2.22. The summed E-state index contributed by atoms with van der Waals surface area (Å²) in [4.78, 5) is 12.1. The summed E-state index contributed by atoms with van der Waals surface area (Å²) in [5.41, 5.74) is 3.90. The Bertz CT molecular complexity index is 653. The number of hydrogen-bond acceptors (Lipinski definition) is 3. The number of amides is 1. The summed E-state index contributed by atoms with van der Waals surface area (Å²) in [5, 5.41) is 6.03. The van der Waals surface area contributed by atoms with E-state index in [0.29, 0.717) is 6.61 Å². The van der Waals surface area contributed by atoms with Gasteiger partial charge in [0.05, 0.1) is 13.2 Å². The zero-order chi connectivity index (χ0) is 15.9. The van der Waals surface area contributed by atoms with Crippen molar-refractivity contribution in [3.8, 4) is 5.75 Å². The smallest absolute Gasteiger partial charge is 0.243 e. The molecule has 1 amide bonds. The van der Waals surface area contributed by atoms with Gasteiger partial charge in [0.2, 0.25) is 5.91 Å². The maximum atomic E-state index is 12.1. The second-order valence-electron chi connectivity index (χ2n) is 5.18. The van der Waals surface area contributed by atoms with Gasteiger partial charge in [-0.25, -0.2) is 0 Å². The minimum Gasteiger partial charge on any atom is -0.494 e. The maximum Gasteiger partial charge on any atom is 0.243 e. The van der Waals surface area contributed by atoms with E-state index in [-0.39, 0.29) is 12.5 Å². The summed E-state index contributed by atoms with van der Waals surface area (Å²) >= 11 is 0. The number of hydrogen-bond donors (Lipinski definition) is 2. The van der Waals surface area contributed by atoms with Crippen LogP contribution in [-0.2, 0) is 4.79 Å². The Balaban J connectivity index is 1.92. The third-order valence-corrected chi connectivity index (χ3v) is 3.27. The number of ether oxygens (including phenoxy) is 1. The summed E-state index contributed by atoms with van der Waals surface area (Å²) < 4.78 is 5.44. The van der Waals surface area contributed by atoms with E-state index in [1.807, 2.05) is 63.2 Å². The van der Waals surface area contributed by atoms with Gasteiger partial charge in [-0.15, -0.1) is 0 Å². The summed E-state index contributed by atoms with van der Waals surface area (Å²) in [6.07, 6.45) is 0. The quantitative estimate of drug-likeness (QED) is 0.854. The van der Waals surface area contributed by atoms with E-state index in [1.165, 1.54) is 0 Å². The molecule has 0 bridgehead atoms. The lowest BCUT2D eigenvalue weighted by atomic mass is 10.1. The highest BCUT2D eigenvalue weighted by molar-refractivity contribution is 5.94. The molecule has 0 fully saturated rings. The molecule has 0 heterocycles. The lowest BCUT2D eigenvalue weighted by Gasteiger charge is -2.11. The van der Waals surface area contributed by atoms with Gasteiger partial charge >= 0.3 is 0 Å². The molecule has 0 saturated carbocycles. The van der Waals surface area contributed by atoms with Crippen molar-refractivity contribution in [2.75, 3.05) is 23.8 Å². The highest BCUT2D eigenvalue weighted by Crippen LogP contribution is 2.18. The van der Waals surface area contributed by atoms with E-state index in [2.05, 4.69) is 10.6 Å². The Morgan fingerprint density at radius 2 is 1.95 bits per heavy atom. The molecule has 4 nitrogen and oxygen atoms in total. The SMILES string of the molecule is CCOc1cccc(NCC(=O)Nc2cc(C)ccc2C)c1. The molecule has 2 rings (SSSR count). The largest absolute Gasteiger partial charge is 0.494 e. The Labute approximate surface area is 131 Å². The third-order valence-electron chi connectivity index (χ3n) is 3.27. The Morgan fingerprint density at radius 1 is 1.14 bits per heavy atom. The minimum atomic E-state index is -0.0736. The first-order chi connectivity index (χ1) is 10.6. The fourth-order valence-electron chi connectivity index (χ4n) is 2.11. The molecule has 116 valence electrons. The molecule has 2 aromatic rings. The Hall–Kier alpha value is -2.49. The van der Waals surface area contributed by atoms with Crippen LogP contribution in [0, 0.1) is 13.8 Å². The van der Waals surface area contributed by atoms with Crippen molar-refractivity contribution < 1.29 is 9.53 Å². The second-order valence-corrected chi connectivity index (χ2v) is 5.18. The van der Waals surface area contributed by atoms with Crippen LogP contribution in [0.15, 0.2) is 42.5 Å². The van der Waals surface area contributed by atoms with Crippen LogP contribution in [0.4, 0.5) is 11.4 Å². The topological polar surface area (TPSA) is 50.4 Å². The second kappa shape index (κ2) is 7.50. The zero-order valence-electron chi connectivity index (χ0n) is 13.3. The number of benzene rings is 2. The minimum absolute atomic E-state index is 0.0736. The van der Waals surface area contributed by atoms with E-state index in [4.69, 9.17) is 4.74 Å². The number of anilines is 2. The first kappa shape index (κ1) is 15.9. The predicted molar refractivity (Wildman–Crippen MR) is 90.6 cm³/mol. The first-order valence-corrected chi connectivity index (χ1v) is 7.42. The van der Waals surface area contributed by atoms with Gasteiger partial charge in [0, 0.05) is 17.4 Å². The van der Waals surface area contributed by atoms with Gasteiger partial charge in [-0.1, -0.05) is 18.2 Å². The number of aryl methyl sites for hydroxylation is 2. The van der Waals surface area contributed by atoms with Gasteiger partial charge in [0.15, 0.2) is 0 Å². The molecule has 0 aliphatic heterocycles. The molecular formula is C18H22N2O2. The highest BCUT2D eigenvalue weighted by atomic mass is 16.5. The average Bonchev–Trinajstić information content (AvgIpc) is 2.50. The molecule has 4 heteroatoms. The van der Waals surface area contributed by atoms with Crippen LogP contribution in [0.25, 0.3) is 0 Å². The average molecular weight is 298 g/mol. The van der Waals surface area contributed by atoms with Gasteiger partial charge in [0.1, 0.15) is 5.75 Å². The van der Waals surface area contributed by atoms with Crippen LogP contribution in [0.1, 0.15) is 18.1 Å². The van der Waals surface area contributed by atoms with Crippen LogP contribution >= 0.6 is 0 Å². The molecule has 0 unspecified atom stereocenters. The normalized spacial score (nSPS) is 10.1. The van der Waals surface area contributed by atoms with Gasteiger partial charge in [-0.2, -0.15) is 0 Å². The Morgan fingerprint density at radius 3 is 2.73 bits per heavy atom. The van der Waals surface area contributed by atoms with Crippen molar-refractivity contribution in [1.82, 2.24) is 0 Å². The first-order valence-electron chi connectivity index (χ1n) is 7.42. The fourth-order valence-corrected chi connectivity index (χ4v) is 2.11. The standard InChI is InChI=1S/C18H22N2O2/c1-4-22-16-7-5-6-15(11-16)19-12-18(21)20-17-10-13(2)8-9-14(17)3/h5-11,19H,4,12H2,1-3H3,(H,20,21). The van der Waals surface area contributed by atoms with Crippen LogP contribution in [0.3, 0.4) is 0 Å². The van der Waals surface area contributed by atoms with Crippen LogP contribution in [0.2, 0.25) is 0 Å². The molecule has 22 heavy (non-hydrogen) atoms. The van der Waals surface area contributed by atoms with E-state index in [1.54, 1.807) is 0 Å². The maximum absolute atomic E-state index is 12.1. The monoisotopic (exact) mass is 298 g/mol. The van der Waals surface area contributed by atoms with Crippen molar-refractivity contribution in [2.24, 2.45) is 0 Å². The fraction of sp³-hybridized carbons (Fsp3) is 0.278. The molecule has 0 spiro atoms. The Kier molecular flexibility index (Phi) is 5.42. The van der Waals surface area contributed by atoms with E-state index in [9.17, 15) is 4.79 Å². The van der Waals surface area contributed by atoms with Crippen molar-refractivity contribution in [3.05, 3.63) is 53.6 Å². The van der Waals surface area contributed by atoms with Crippen LogP contribution in [0.5, 0.6) is 5.75 Å². The third kappa shape index (κ3) is 4.52. The van der Waals surface area contributed by atoms with Crippen LogP contribution < -0.4 is 15.4 Å². The molecule has 0 aliphatic rings. The van der Waals surface area contributed by atoms with Gasteiger partial charge in [-0.05, 0) is 50.1 Å². The summed E-state index contributed by atoms with van der Waals surface area (Å²) in [5.74, 6) is 0.720. The predicted octanol–water partition coefficient (Wildman–Crippen LogP) is 3.75. The molecule has 0 saturated heterocycles. The molecule has 0 radical (unpaired) electrons. The van der Waals surface area contributed by atoms with Gasteiger partial charge in [-0.3, -0.25) is 4.79 Å². The van der Waals surface area contributed by atoms with Crippen molar-refractivity contribution in [2.45, 2.75) is 20.8 Å². The molecule has 0 aromatic heterocycles. The van der Waals surface area contributed by atoms with E-state index < -0.39 is 0 Å². The summed E-state index contributed by atoms with van der Waals surface area (Å²) in [7, 11) is 0. The highest BCUT2D eigenvalue weighted by Gasteiger charge is 2.05. The lowest BCUT2D eigenvalue weighted by molar-refractivity contribution is -0.114. The van der Waals surface area contributed by atoms with Gasteiger partial charge in [0.25, 0.3) is 0 Å².